The average molecular weight is 566 g/mol. The van der Waals surface area contributed by atoms with Gasteiger partial charge in [-0.15, -0.1) is 0 Å². The van der Waals surface area contributed by atoms with E-state index in [-0.39, 0.29) is 17.0 Å². The predicted molar refractivity (Wildman–Crippen MR) is 136 cm³/mol. The lowest BCUT2D eigenvalue weighted by Gasteiger charge is -2.35. The number of nitrogens with zero attached hydrogens (tertiary/aromatic N) is 4. The molecule has 3 heterocycles. The van der Waals surface area contributed by atoms with Crippen molar-refractivity contribution in [2.75, 3.05) is 38.2 Å². The Bertz CT molecular complexity index is 1400. The molecule has 214 valence electrons. The fraction of sp³-hybridized carbons (Fsp3) is 0.346. The molecular weight excluding hydrogens is 538 g/mol. The first-order valence-electron chi connectivity index (χ1n) is 12.1. The Kier molecular flexibility index (Phi) is 9.80. The Morgan fingerprint density at radius 2 is 1.77 bits per heavy atom. The first-order valence-corrected chi connectivity index (χ1v) is 12.1. The van der Waals surface area contributed by atoms with Gasteiger partial charge in [-0.25, -0.2) is 19.3 Å². The number of benzene rings is 1. The van der Waals surface area contributed by atoms with Crippen molar-refractivity contribution in [1.82, 2.24) is 20.1 Å². The van der Waals surface area contributed by atoms with E-state index in [0.717, 1.165) is 17.1 Å². The monoisotopic (exact) mass is 565 g/mol. The zero-order valence-corrected chi connectivity index (χ0v) is 21.7. The van der Waals surface area contributed by atoms with E-state index in [0.29, 0.717) is 50.3 Å². The van der Waals surface area contributed by atoms with Crippen LogP contribution in [0.1, 0.15) is 34.1 Å². The molecule has 1 aromatic carbocycles. The van der Waals surface area contributed by atoms with Gasteiger partial charge in [0.1, 0.15) is 17.4 Å². The van der Waals surface area contributed by atoms with Crippen molar-refractivity contribution in [3.8, 4) is 5.75 Å². The van der Waals surface area contributed by atoms with Crippen LogP contribution in [0.2, 0.25) is 0 Å². The number of H-pyrrole nitrogens is 1. The van der Waals surface area contributed by atoms with Gasteiger partial charge in [0.15, 0.2) is 0 Å². The van der Waals surface area contributed by atoms with Gasteiger partial charge in [0.2, 0.25) is 0 Å². The van der Waals surface area contributed by atoms with Gasteiger partial charge in [-0.3, -0.25) is 9.59 Å². The normalized spacial score (nSPS) is 13.3. The number of methoxy groups -OCH3 is 1. The maximum Gasteiger partial charge on any atom is 0.490 e. The quantitative estimate of drug-likeness (QED) is 0.437. The van der Waals surface area contributed by atoms with Crippen LogP contribution in [-0.2, 0) is 17.6 Å². The number of amides is 1. The number of aromatic nitrogens is 3. The second kappa shape index (κ2) is 13.0. The summed E-state index contributed by atoms with van der Waals surface area (Å²) >= 11 is 0. The Labute approximate surface area is 226 Å². The molecule has 40 heavy (non-hydrogen) atoms. The van der Waals surface area contributed by atoms with Crippen molar-refractivity contribution < 1.29 is 37.0 Å². The minimum Gasteiger partial charge on any atom is -0.497 e. The first kappa shape index (κ1) is 30.1. The van der Waals surface area contributed by atoms with Gasteiger partial charge in [-0.1, -0.05) is 13.0 Å². The van der Waals surface area contributed by atoms with Gasteiger partial charge in [0, 0.05) is 50.4 Å². The number of piperazine rings is 1. The number of carbonyl (C=O) groups excluding carboxylic acids is 1. The topological polar surface area (TPSA) is 129 Å². The highest BCUT2D eigenvalue weighted by Crippen LogP contribution is 2.21. The molecule has 10 nitrogen and oxygen atoms in total. The number of ether oxygens (including phenoxy) is 1. The van der Waals surface area contributed by atoms with E-state index >= 15 is 0 Å². The Hall–Kier alpha value is -4.49. The molecule has 0 spiro atoms. The lowest BCUT2D eigenvalue weighted by atomic mass is 10.0. The molecule has 0 radical (unpaired) electrons. The number of rotatable bonds is 6. The van der Waals surface area contributed by atoms with Gasteiger partial charge < -0.3 is 19.6 Å². The van der Waals surface area contributed by atoms with Crippen LogP contribution in [0, 0.1) is 5.82 Å². The highest BCUT2D eigenvalue weighted by atomic mass is 19.4. The summed E-state index contributed by atoms with van der Waals surface area (Å²) in [7, 11) is 1.61. The van der Waals surface area contributed by atoms with Gasteiger partial charge in [0.05, 0.1) is 18.4 Å². The minimum atomic E-state index is -5.08. The number of carboxylic acids is 1. The summed E-state index contributed by atoms with van der Waals surface area (Å²) in [4.78, 5) is 41.8. The lowest BCUT2D eigenvalue weighted by molar-refractivity contribution is -0.192. The zero-order chi connectivity index (χ0) is 29.4. The number of hydrogen-bond acceptors (Lipinski definition) is 7. The molecule has 3 aromatic rings. The van der Waals surface area contributed by atoms with Crippen molar-refractivity contribution in [2.24, 2.45) is 0 Å². The largest absolute Gasteiger partial charge is 0.497 e. The number of halogens is 4. The second-order valence-electron chi connectivity index (χ2n) is 8.69. The highest BCUT2D eigenvalue weighted by Gasteiger charge is 2.38. The van der Waals surface area contributed by atoms with Crippen LogP contribution in [0.4, 0.5) is 23.4 Å². The number of aliphatic carboxylic acids is 1. The molecule has 1 fully saturated rings. The fourth-order valence-corrected chi connectivity index (χ4v) is 3.91. The second-order valence-corrected chi connectivity index (χ2v) is 8.69. The van der Waals surface area contributed by atoms with E-state index < -0.39 is 18.0 Å². The van der Waals surface area contributed by atoms with E-state index in [9.17, 15) is 27.2 Å². The zero-order valence-electron chi connectivity index (χ0n) is 21.7. The molecule has 1 amide bonds. The van der Waals surface area contributed by atoms with E-state index in [1.165, 1.54) is 6.07 Å². The molecule has 1 saturated heterocycles. The number of hydrogen-bond donors (Lipinski definition) is 2. The summed E-state index contributed by atoms with van der Waals surface area (Å²) in [5.41, 5.74) is 1.89. The number of carbonyl (C=O) groups is 2. The smallest absolute Gasteiger partial charge is 0.490 e. The Morgan fingerprint density at radius 1 is 1.10 bits per heavy atom. The average Bonchev–Trinajstić information content (AvgIpc) is 2.94. The van der Waals surface area contributed by atoms with Crippen molar-refractivity contribution >= 4 is 17.7 Å². The Balaban J connectivity index is 0.000000559. The van der Waals surface area contributed by atoms with Crippen LogP contribution in [-0.4, -0.2) is 76.5 Å². The van der Waals surface area contributed by atoms with Gasteiger partial charge in [-0.2, -0.15) is 18.3 Å². The number of aromatic amines is 1. The Morgan fingerprint density at radius 3 is 2.38 bits per heavy atom. The van der Waals surface area contributed by atoms with E-state index in [2.05, 4.69) is 20.1 Å². The molecule has 1 aliphatic rings. The summed E-state index contributed by atoms with van der Waals surface area (Å²) in [6.07, 6.45) is -2.41. The number of carboxylic acid groups (broad SMARTS) is 1. The van der Waals surface area contributed by atoms with Crippen LogP contribution in [0.15, 0.2) is 47.4 Å². The highest BCUT2D eigenvalue weighted by molar-refractivity contribution is 5.95. The third kappa shape index (κ3) is 7.77. The van der Waals surface area contributed by atoms with Crippen molar-refractivity contribution in [3.05, 3.63) is 81.2 Å². The number of pyridine rings is 1. The number of alkyl halides is 3. The molecule has 0 saturated carbocycles. The van der Waals surface area contributed by atoms with Crippen molar-refractivity contribution in [3.63, 3.8) is 0 Å². The van der Waals surface area contributed by atoms with Crippen molar-refractivity contribution in [1.29, 1.82) is 0 Å². The fourth-order valence-electron chi connectivity index (χ4n) is 3.91. The van der Waals surface area contributed by atoms with Crippen LogP contribution in [0.5, 0.6) is 5.75 Å². The maximum atomic E-state index is 14.6. The molecule has 0 unspecified atom stereocenters. The molecule has 0 atom stereocenters. The van der Waals surface area contributed by atoms with Crippen LogP contribution in [0.3, 0.4) is 0 Å². The standard InChI is InChI=1S/C24H26FN5O3.C2HF3O2/c1-3-17-14-18(27-28-23(17)31)12-16-4-5-21(25)20(13-16)24(32)30-10-8-29(9-11-30)22-15-19(33-2)6-7-26-22;3-2(4,5)1(6)7/h4-7,13-15H,3,8-12H2,1-2H3,(H,28,31);(H,6,7). The van der Waals surface area contributed by atoms with Crippen molar-refractivity contribution in [2.45, 2.75) is 25.9 Å². The summed E-state index contributed by atoms with van der Waals surface area (Å²) in [6.45, 7) is 4.00. The maximum absolute atomic E-state index is 14.6. The molecule has 0 bridgehead atoms. The van der Waals surface area contributed by atoms with Crippen LogP contribution in [0.25, 0.3) is 0 Å². The number of nitrogens with one attached hydrogen (secondary N) is 1. The SMILES string of the molecule is CCc1cc(Cc2ccc(F)c(C(=O)N3CCN(c4cc(OC)ccn4)CC3)c2)n[nH]c1=O.O=C(O)C(F)(F)F. The summed E-state index contributed by atoms with van der Waals surface area (Å²) in [5, 5.41) is 13.7. The van der Waals surface area contributed by atoms with Crippen LogP contribution < -0.4 is 15.2 Å². The number of aryl methyl sites for hydroxylation is 1. The van der Waals surface area contributed by atoms with E-state index in [1.54, 1.807) is 42.5 Å². The molecule has 0 aliphatic carbocycles. The third-order valence-electron chi connectivity index (χ3n) is 6.05. The van der Waals surface area contributed by atoms with Gasteiger partial charge in [0.25, 0.3) is 11.5 Å². The number of anilines is 1. The van der Waals surface area contributed by atoms with E-state index in [1.807, 2.05) is 13.0 Å². The minimum absolute atomic E-state index is 0.0422. The molecule has 2 N–H and O–H groups in total. The molecule has 4 rings (SSSR count). The van der Waals surface area contributed by atoms with E-state index in [4.69, 9.17) is 14.6 Å². The predicted octanol–water partition coefficient (Wildman–Crippen LogP) is 3.06. The first-order chi connectivity index (χ1) is 18.9. The van der Waals surface area contributed by atoms with Gasteiger partial charge >= 0.3 is 12.1 Å². The molecular formula is C26H27F4N5O5. The summed E-state index contributed by atoms with van der Waals surface area (Å²) in [5.74, 6) is -2.14. The summed E-state index contributed by atoms with van der Waals surface area (Å²) in [6, 6.07) is 9.91. The molecule has 1 aliphatic heterocycles. The molecule has 2 aromatic heterocycles. The third-order valence-corrected chi connectivity index (χ3v) is 6.05. The molecule has 14 heteroatoms. The lowest BCUT2D eigenvalue weighted by Crippen LogP contribution is -2.49. The summed E-state index contributed by atoms with van der Waals surface area (Å²) < 4.78 is 51.6. The van der Waals surface area contributed by atoms with Gasteiger partial charge in [-0.05, 0) is 36.2 Å². The van der Waals surface area contributed by atoms with Crippen LogP contribution >= 0.6 is 0 Å².